The molecule has 0 saturated carbocycles. The number of nitrogens with zero attached hydrogens (tertiary/aromatic N) is 2. The molecule has 1 fully saturated rings. The average Bonchev–Trinajstić information content (AvgIpc) is 2.83. The molecule has 7 heteroatoms. The first kappa shape index (κ1) is 15.5. The number of sulfonamides is 1. The Labute approximate surface area is 123 Å². The molecule has 6 nitrogen and oxygen atoms in total. The normalized spacial score (nSPS) is 22.9. The van der Waals surface area contributed by atoms with Crippen LogP contribution in [0.2, 0.25) is 0 Å². The van der Waals surface area contributed by atoms with E-state index < -0.39 is 21.5 Å². The summed E-state index contributed by atoms with van der Waals surface area (Å²) in [5.74, 6) is -1.43. The van der Waals surface area contributed by atoms with E-state index in [0.717, 1.165) is 4.31 Å². The van der Waals surface area contributed by atoms with Crippen molar-refractivity contribution in [1.29, 1.82) is 5.26 Å². The van der Waals surface area contributed by atoms with Gasteiger partial charge < -0.3 is 5.11 Å². The summed E-state index contributed by atoms with van der Waals surface area (Å²) >= 11 is 0. The van der Waals surface area contributed by atoms with E-state index in [0.29, 0.717) is 24.0 Å². The number of carboxylic acids is 1. The van der Waals surface area contributed by atoms with Gasteiger partial charge in [0.2, 0.25) is 10.0 Å². The summed E-state index contributed by atoms with van der Waals surface area (Å²) in [6, 6.07) is 8.28. The number of carbonyl (C=O) groups is 1. The van der Waals surface area contributed by atoms with E-state index >= 15 is 0 Å². The Kier molecular flexibility index (Phi) is 4.03. The van der Waals surface area contributed by atoms with Crippen LogP contribution >= 0.6 is 0 Å². The SMILES string of the molecule is CC1(C(=O)O)CCCN1S(=O)(=O)Cc1cccc(C#N)c1. The van der Waals surface area contributed by atoms with Crippen LogP contribution < -0.4 is 0 Å². The zero-order valence-electron chi connectivity index (χ0n) is 11.6. The van der Waals surface area contributed by atoms with E-state index in [1.807, 2.05) is 6.07 Å². The zero-order chi connectivity index (χ0) is 15.7. The molecule has 1 unspecified atom stereocenters. The maximum atomic E-state index is 12.5. The molecule has 0 spiro atoms. The van der Waals surface area contributed by atoms with Gasteiger partial charge in [-0.05, 0) is 37.5 Å². The molecule has 1 aromatic carbocycles. The number of nitriles is 1. The molecule has 21 heavy (non-hydrogen) atoms. The van der Waals surface area contributed by atoms with Gasteiger partial charge in [-0.3, -0.25) is 4.79 Å². The van der Waals surface area contributed by atoms with Crippen LogP contribution in [-0.4, -0.2) is 35.9 Å². The lowest BCUT2D eigenvalue weighted by Crippen LogP contribution is -2.50. The van der Waals surface area contributed by atoms with Gasteiger partial charge in [0.15, 0.2) is 0 Å². The molecule has 1 aliphatic rings. The van der Waals surface area contributed by atoms with Crippen molar-refractivity contribution in [3.63, 3.8) is 0 Å². The minimum atomic E-state index is -3.75. The van der Waals surface area contributed by atoms with Gasteiger partial charge in [-0.1, -0.05) is 12.1 Å². The second-order valence-corrected chi connectivity index (χ2v) is 7.22. The molecule has 0 bridgehead atoms. The lowest BCUT2D eigenvalue weighted by atomic mass is 10.0. The Morgan fingerprint density at radius 1 is 1.52 bits per heavy atom. The summed E-state index contributed by atoms with van der Waals surface area (Å²) in [5, 5.41) is 18.1. The summed E-state index contributed by atoms with van der Waals surface area (Å²) in [6.07, 6.45) is 0.833. The Morgan fingerprint density at radius 2 is 2.24 bits per heavy atom. The maximum Gasteiger partial charge on any atom is 0.324 e. The fraction of sp³-hybridized carbons (Fsp3) is 0.429. The molecular formula is C14H16N2O4S. The third kappa shape index (κ3) is 2.91. The molecule has 1 aromatic rings. The number of rotatable bonds is 4. The fourth-order valence-electron chi connectivity index (χ4n) is 2.62. The molecular weight excluding hydrogens is 292 g/mol. The van der Waals surface area contributed by atoms with Crippen molar-refractivity contribution in [2.24, 2.45) is 0 Å². The molecule has 1 heterocycles. The summed E-state index contributed by atoms with van der Waals surface area (Å²) in [5.41, 5.74) is -0.523. The molecule has 0 aromatic heterocycles. The molecule has 2 rings (SSSR count). The molecule has 0 aliphatic carbocycles. The minimum Gasteiger partial charge on any atom is -0.480 e. The predicted octanol–water partition coefficient (Wildman–Crippen LogP) is 1.33. The van der Waals surface area contributed by atoms with Gasteiger partial charge in [-0.15, -0.1) is 0 Å². The Hall–Kier alpha value is -1.91. The number of aliphatic carboxylic acids is 1. The van der Waals surface area contributed by atoms with Gasteiger partial charge in [0, 0.05) is 6.54 Å². The highest BCUT2D eigenvalue weighted by Crippen LogP contribution is 2.33. The fourth-order valence-corrected chi connectivity index (χ4v) is 4.56. The van der Waals surface area contributed by atoms with Crippen LogP contribution in [0.5, 0.6) is 0 Å². The first-order valence-electron chi connectivity index (χ1n) is 6.52. The van der Waals surface area contributed by atoms with Crippen molar-refractivity contribution in [3.05, 3.63) is 35.4 Å². The maximum absolute atomic E-state index is 12.5. The van der Waals surface area contributed by atoms with Gasteiger partial charge >= 0.3 is 5.97 Å². The molecule has 1 saturated heterocycles. The first-order valence-corrected chi connectivity index (χ1v) is 8.13. The van der Waals surface area contributed by atoms with Crippen molar-refractivity contribution in [3.8, 4) is 6.07 Å². The van der Waals surface area contributed by atoms with Gasteiger partial charge in [-0.2, -0.15) is 9.57 Å². The van der Waals surface area contributed by atoms with E-state index in [2.05, 4.69) is 0 Å². The molecule has 1 aliphatic heterocycles. The smallest absolute Gasteiger partial charge is 0.324 e. The van der Waals surface area contributed by atoms with Crippen molar-refractivity contribution >= 4 is 16.0 Å². The van der Waals surface area contributed by atoms with Crippen molar-refractivity contribution < 1.29 is 18.3 Å². The Morgan fingerprint density at radius 3 is 2.86 bits per heavy atom. The van der Waals surface area contributed by atoms with E-state index in [-0.39, 0.29) is 12.3 Å². The second kappa shape index (κ2) is 5.47. The monoisotopic (exact) mass is 308 g/mol. The first-order chi connectivity index (χ1) is 9.79. The predicted molar refractivity (Wildman–Crippen MR) is 75.8 cm³/mol. The van der Waals surface area contributed by atoms with Gasteiger partial charge in [0.05, 0.1) is 17.4 Å². The Bertz CT molecular complexity index is 708. The third-order valence-electron chi connectivity index (χ3n) is 3.78. The molecule has 112 valence electrons. The van der Waals surface area contributed by atoms with Gasteiger partial charge in [0.25, 0.3) is 0 Å². The van der Waals surface area contributed by atoms with Crippen LogP contribution in [0.25, 0.3) is 0 Å². The van der Waals surface area contributed by atoms with E-state index in [1.54, 1.807) is 18.2 Å². The van der Waals surface area contributed by atoms with Crippen molar-refractivity contribution in [2.75, 3.05) is 6.54 Å². The summed E-state index contributed by atoms with van der Waals surface area (Å²) in [7, 11) is -3.75. The van der Waals surface area contributed by atoms with Crippen LogP contribution in [0.1, 0.15) is 30.9 Å². The number of hydrogen-bond donors (Lipinski definition) is 1. The van der Waals surface area contributed by atoms with E-state index in [1.165, 1.54) is 13.0 Å². The largest absolute Gasteiger partial charge is 0.480 e. The standard InChI is InChI=1S/C14H16N2O4S/c1-14(13(17)18)6-3-7-16(14)21(19,20)10-12-5-2-4-11(8-12)9-15/h2,4-5,8H,3,6-7,10H2,1H3,(H,17,18). The van der Waals surface area contributed by atoms with E-state index in [4.69, 9.17) is 5.26 Å². The second-order valence-electron chi connectivity index (χ2n) is 5.32. The number of hydrogen-bond acceptors (Lipinski definition) is 4. The summed E-state index contributed by atoms with van der Waals surface area (Å²) in [4.78, 5) is 11.4. The van der Waals surface area contributed by atoms with E-state index in [9.17, 15) is 18.3 Å². The van der Waals surface area contributed by atoms with Crippen molar-refractivity contribution in [1.82, 2.24) is 4.31 Å². The van der Waals surface area contributed by atoms with Crippen LogP contribution in [-0.2, 0) is 20.6 Å². The average molecular weight is 308 g/mol. The molecule has 0 amide bonds. The topological polar surface area (TPSA) is 98.5 Å². The molecule has 1 atom stereocenters. The lowest BCUT2D eigenvalue weighted by Gasteiger charge is -2.30. The van der Waals surface area contributed by atoms with Crippen LogP contribution in [0, 0.1) is 11.3 Å². The zero-order valence-corrected chi connectivity index (χ0v) is 12.4. The summed E-state index contributed by atoms with van der Waals surface area (Å²) in [6.45, 7) is 1.65. The van der Waals surface area contributed by atoms with Crippen molar-refractivity contribution in [2.45, 2.75) is 31.1 Å². The summed E-state index contributed by atoms with van der Waals surface area (Å²) < 4.78 is 26.1. The highest BCUT2D eigenvalue weighted by molar-refractivity contribution is 7.88. The third-order valence-corrected chi connectivity index (χ3v) is 5.73. The van der Waals surface area contributed by atoms with Crippen LogP contribution in [0.3, 0.4) is 0 Å². The minimum absolute atomic E-state index is 0.211. The number of benzene rings is 1. The Balaban J connectivity index is 2.30. The molecule has 0 radical (unpaired) electrons. The quantitative estimate of drug-likeness (QED) is 0.904. The highest BCUT2D eigenvalue weighted by atomic mass is 32.2. The van der Waals surface area contributed by atoms with Crippen LogP contribution in [0.4, 0.5) is 0 Å². The van der Waals surface area contributed by atoms with Gasteiger partial charge in [-0.25, -0.2) is 8.42 Å². The number of carboxylic acid groups (broad SMARTS) is 1. The lowest BCUT2D eigenvalue weighted by molar-refractivity contribution is -0.146. The van der Waals surface area contributed by atoms with Crippen LogP contribution in [0.15, 0.2) is 24.3 Å². The highest BCUT2D eigenvalue weighted by Gasteiger charge is 2.49. The molecule has 1 N–H and O–H groups in total. The van der Waals surface area contributed by atoms with Gasteiger partial charge in [0.1, 0.15) is 5.54 Å².